The first-order valence-electron chi connectivity index (χ1n) is 4.68. The summed E-state index contributed by atoms with van der Waals surface area (Å²) in [5.41, 5.74) is 0. The molecule has 0 heterocycles. The quantitative estimate of drug-likeness (QED) is 0.346. The third kappa shape index (κ3) is 9.77. The highest BCUT2D eigenvalue weighted by atomic mass is 127. The summed E-state index contributed by atoms with van der Waals surface area (Å²) in [6.45, 7) is 4.19. The van der Waals surface area contributed by atoms with Gasteiger partial charge in [0.15, 0.2) is 5.96 Å². The molecule has 0 fully saturated rings. The van der Waals surface area contributed by atoms with Crippen molar-refractivity contribution in [1.82, 2.24) is 10.6 Å². The van der Waals surface area contributed by atoms with Crippen LogP contribution in [0.15, 0.2) is 4.99 Å². The second-order valence-electron chi connectivity index (χ2n) is 3.04. The van der Waals surface area contributed by atoms with Crippen LogP contribution in [0.5, 0.6) is 0 Å². The normalized spacial score (nSPS) is 10.6. The summed E-state index contributed by atoms with van der Waals surface area (Å²) in [7, 11) is 3.44. The van der Waals surface area contributed by atoms with Gasteiger partial charge in [0.25, 0.3) is 0 Å². The first-order valence-corrected chi connectivity index (χ1v) is 4.68. The molecular formula is C9H20IN3O2. The molecule has 0 saturated carbocycles. The van der Waals surface area contributed by atoms with E-state index in [2.05, 4.69) is 15.6 Å². The van der Waals surface area contributed by atoms with Gasteiger partial charge in [-0.1, -0.05) is 0 Å². The summed E-state index contributed by atoms with van der Waals surface area (Å²) < 4.78 is 4.96. The second-order valence-corrected chi connectivity index (χ2v) is 3.04. The second kappa shape index (κ2) is 10.0. The van der Waals surface area contributed by atoms with Crippen LogP contribution in [0.2, 0.25) is 0 Å². The molecule has 5 nitrogen and oxygen atoms in total. The highest BCUT2D eigenvalue weighted by Crippen LogP contribution is 1.91. The zero-order chi connectivity index (χ0) is 11.0. The molecule has 0 aliphatic heterocycles. The van der Waals surface area contributed by atoms with Gasteiger partial charge in [0, 0.05) is 20.6 Å². The molecule has 0 amide bonds. The molecule has 0 spiro atoms. The van der Waals surface area contributed by atoms with Gasteiger partial charge < -0.3 is 15.4 Å². The standard InChI is InChI=1S/C9H19N3O2.HI/c1-7(2)14-8(13)5-6-12-9(10-3)11-4;/h7H,5-6H2,1-4H3,(H2,10,11,12);1H. The Morgan fingerprint density at radius 1 is 1.47 bits per heavy atom. The molecule has 90 valence electrons. The van der Waals surface area contributed by atoms with Crippen molar-refractivity contribution in [2.75, 3.05) is 20.6 Å². The highest BCUT2D eigenvalue weighted by molar-refractivity contribution is 14.0. The SMILES string of the molecule is CN=C(NC)NCCC(=O)OC(C)C.I. The number of aliphatic imine (C=N–C) groups is 1. The number of hydrogen-bond donors (Lipinski definition) is 2. The monoisotopic (exact) mass is 329 g/mol. The number of halogens is 1. The Morgan fingerprint density at radius 2 is 2.07 bits per heavy atom. The van der Waals surface area contributed by atoms with Crippen molar-refractivity contribution in [2.45, 2.75) is 26.4 Å². The van der Waals surface area contributed by atoms with Crippen LogP contribution in [0.1, 0.15) is 20.3 Å². The van der Waals surface area contributed by atoms with Gasteiger partial charge in [-0.05, 0) is 13.8 Å². The lowest BCUT2D eigenvalue weighted by molar-refractivity contribution is -0.147. The van der Waals surface area contributed by atoms with Crippen molar-refractivity contribution >= 4 is 35.9 Å². The van der Waals surface area contributed by atoms with E-state index in [4.69, 9.17) is 4.74 Å². The highest BCUT2D eigenvalue weighted by Gasteiger charge is 2.04. The smallest absolute Gasteiger partial charge is 0.307 e. The average Bonchev–Trinajstić information content (AvgIpc) is 2.11. The third-order valence-corrected chi connectivity index (χ3v) is 1.45. The summed E-state index contributed by atoms with van der Waals surface area (Å²) >= 11 is 0. The van der Waals surface area contributed by atoms with Gasteiger partial charge in [0.2, 0.25) is 0 Å². The van der Waals surface area contributed by atoms with Crippen LogP contribution >= 0.6 is 24.0 Å². The summed E-state index contributed by atoms with van der Waals surface area (Å²) in [4.78, 5) is 15.0. The molecule has 0 rings (SSSR count). The van der Waals surface area contributed by atoms with Gasteiger partial charge in [-0.15, -0.1) is 24.0 Å². The lowest BCUT2D eigenvalue weighted by atomic mass is 10.4. The topological polar surface area (TPSA) is 62.7 Å². The van der Waals surface area contributed by atoms with Crippen LogP contribution in [-0.2, 0) is 9.53 Å². The van der Waals surface area contributed by atoms with E-state index in [1.165, 1.54) is 0 Å². The van der Waals surface area contributed by atoms with Crippen LogP contribution < -0.4 is 10.6 Å². The minimum absolute atomic E-state index is 0. The van der Waals surface area contributed by atoms with Crippen LogP contribution in [0.3, 0.4) is 0 Å². The minimum atomic E-state index is -0.195. The average molecular weight is 329 g/mol. The van der Waals surface area contributed by atoms with E-state index in [-0.39, 0.29) is 36.0 Å². The molecule has 0 aliphatic carbocycles. The number of ether oxygens (including phenoxy) is 1. The zero-order valence-electron chi connectivity index (χ0n) is 9.66. The van der Waals surface area contributed by atoms with Gasteiger partial charge in [-0.3, -0.25) is 9.79 Å². The van der Waals surface area contributed by atoms with Crippen molar-refractivity contribution in [1.29, 1.82) is 0 Å². The first-order chi connectivity index (χ1) is 6.60. The molecule has 0 unspecified atom stereocenters. The van der Waals surface area contributed by atoms with Crippen molar-refractivity contribution < 1.29 is 9.53 Å². The van der Waals surface area contributed by atoms with Gasteiger partial charge in [0.05, 0.1) is 12.5 Å². The molecule has 0 aliphatic rings. The van der Waals surface area contributed by atoms with Crippen LogP contribution in [0.4, 0.5) is 0 Å². The zero-order valence-corrected chi connectivity index (χ0v) is 12.0. The molecule has 15 heavy (non-hydrogen) atoms. The molecular weight excluding hydrogens is 309 g/mol. The van der Waals surface area contributed by atoms with Gasteiger partial charge in [-0.2, -0.15) is 0 Å². The Morgan fingerprint density at radius 3 is 2.47 bits per heavy atom. The largest absolute Gasteiger partial charge is 0.463 e. The molecule has 0 radical (unpaired) electrons. The predicted molar refractivity (Wildman–Crippen MR) is 71.7 cm³/mol. The number of nitrogens with zero attached hydrogens (tertiary/aromatic N) is 1. The summed E-state index contributed by atoms with van der Waals surface area (Å²) in [5.74, 6) is 0.474. The fourth-order valence-corrected chi connectivity index (χ4v) is 0.884. The number of esters is 1. The molecule has 0 atom stereocenters. The minimum Gasteiger partial charge on any atom is -0.463 e. The predicted octanol–water partition coefficient (Wildman–Crippen LogP) is 0.741. The van der Waals surface area contributed by atoms with Crippen LogP contribution in [0.25, 0.3) is 0 Å². The van der Waals surface area contributed by atoms with E-state index in [1.54, 1.807) is 14.1 Å². The van der Waals surface area contributed by atoms with Gasteiger partial charge in [0.1, 0.15) is 0 Å². The lowest BCUT2D eigenvalue weighted by Gasteiger charge is -2.09. The van der Waals surface area contributed by atoms with E-state index in [9.17, 15) is 4.79 Å². The van der Waals surface area contributed by atoms with Crippen molar-refractivity contribution in [3.05, 3.63) is 0 Å². The number of nitrogens with one attached hydrogen (secondary N) is 2. The van der Waals surface area contributed by atoms with Crippen LogP contribution in [0, 0.1) is 0 Å². The first kappa shape index (κ1) is 16.9. The van der Waals surface area contributed by atoms with Crippen molar-refractivity contribution in [3.8, 4) is 0 Å². The van der Waals surface area contributed by atoms with E-state index in [0.29, 0.717) is 18.9 Å². The number of guanidine groups is 1. The third-order valence-electron chi connectivity index (χ3n) is 1.45. The Kier molecular flexibility index (Phi) is 11.3. The molecule has 0 saturated heterocycles. The van der Waals surface area contributed by atoms with E-state index < -0.39 is 0 Å². The van der Waals surface area contributed by atoms with Crippen molar-refractivity contribution in [2.24, 2.45) is 4.99 Å². The number of carbonyl (C=O) groups is 1. The molecule has 6 heteroatoms. The maximum atomic E-state index is 11.1. The Bertz CT molecular complexity index is 208. The molecule has 0 aromatic carbocycles. The lowest BCUT2D eigenvalue weighted by Crippen LogP contribution is -2.36. The molecule has 2 N–H and O–H groups in total. The maximum absolute atomic E-state index is 11.1. The van der Waals surface area contributed by atoms with Gasteiger partial charge in [-0.25, -0.2) is 0 Å². The summed E-state index contributed by atoms with van der Waals surface area (Å²) in [6.07, 6.45) is 0.296. The number of rotatable bonds is 4. The molecule has 0 bridgehead atoms. The number of carbonyl (C=O) groups excluding carboxylic acids is 1. The summed E-state index contributed by atoms with van der Waals surface area (Å²) in [6, 6.07) is 0. The Labute approximate surface area is 108 Å². The number of hydrogen-bond acceptors (Lipinski definition) is 3. The summed E-state index contributed by atoms with van der Waals surface area (Å²) in [5, 5.41) is 5.81. The Hall–Kier alpha value is -0.530. The van der Waals surface area contributed by atoms with E-state index in [1.807, 2.05) is 13.8 Å². The fraction of sp³-hybridized carbons (Fsp3) is 0.778. The molecule has 0 aromatic heterocycles. The fourth-order valence-electron chi connectivity index (χ4n) is 0.884. The van der Waals surface area contributed by atoms with E-state index in [0.717, 1.165) is 0 Å². The molecule has 0 aromatic rings. The Balaban J connectivity index is 0. The van der Waals surface area contributed by atoms with Gasteiger partial charge >= 0.3 is 5.97 Å². The van der Waals surface area contributed by atoms with E-state index >= 15 is 0 Å². The maximum Gasteiger partial charge on any atom is 0.307 e. The van der Waals surface area contributed by atoms with Crippen molar-refractivity contribution in [3.63, 3.8) is 0 Å². The van der Waals surface area contributed by atoms with Crippen LogP contribution in [-0.4, -0.2) is 38.7 Å².